The Kier molecular flexibility index (Phi) is 6.92. The van der Waals surface area contributed by atoms with Crippen LogP contribution in [0.25, 0.3) is 0 Å². The van der Waals surface area contributed by atoms with E-state index in [-0.39, 0.29) is 24.4 Å². The molecular formula is C20H27FN6O2. The second-order valence-corrected chi connectivity index (χ2v) is 7.16. The molecule has 3 rings (SSSR count). The molecule has 1 aliphatic heterocycles. The number of ether oxygens (including phenoxy) is 1. The Balaban J connectivity index is 1.53. The lowest BCUT2D eigenvalue weighted by Gasteiger charge is -2.40. The third kappa shape index (κ3) is 5.60. The highest BCUT2D eigenvalue weighted by molar-refractivity contribution is 5.74. The summed E-state index contributed by atoms with van der Waals surface area (Å²) in [5.74, 6) is 0.666. The van der Waals surface area contributed by atoms with Gasteiger partial charge in [0.05, 0.1) is 12.8 Å². The number of anilines is 2. The van der Waals surface area contributed by atoms with E-state index in [1.54, 1.807) is 37.3 Å². The molecule has 1 fully saturated rings. The van der Waals surface area contributed by atoms with E-state index in [0.717, 1.165) is 37.6 Å². The maximum atomic E-state index is 13.1. The Labute approximate surface area is 170 Å². The SMILES string of the molecule is CCOC(=O)CN(C)c1ncc(CN2CCN(c3ccc(F)cn3)C(C)C2)cn1. The van der Waals surface area contributed by atoms with E-state index in [9.17, 15) is 9.18 Å². The number of pyridine rings is 1. The van der Waals surface area contributed by atoms with Crippen LogP contribution in [-0.2, 0) is 16.1 Å². The van der Waals surface area contributed by atoms with Crippen LogP contribution >= 0.6 is 0 Å². The summed E-state index contributed by atoms with van der Waals surface area (Å²) < 4.78 is 18.0. The number of carbonyl (C=O) groups excluding carboxylic acids is 1. The summed E-state index contributed by atoms with van der Waals surface area (Å²) in [5.41, 5.74) is 1.01. The van der Waals surface area contributed by atoms with Crippen molar-refractivity contribution >= 4 is 17.7 Å². The normalized spacial score (nSPS) is 17.2. The molecule has 1 aliphatic rings. The molecule has 0 N–H and O–H groups in total. The first-order valence-corrected chi connectivity index (χ1v) is 9.74. The number of hydrogen-bond donors (Lipinski definition) is 0. The van der Waals surface area contributed by atoms with Crippen LogP contribution in [0.15, 0.2) is 30.7 Å². The molecule has 1 saturated heterocycles. The van der Waals surface area contributed by atoms with Gasteiger partial charge in [0.25, 0.3) is 0 Å². The van der Waals surface area contributed by atoms with E-state index in [2.05, 4.69) is 31.7 Å². The first-order chi connectivity index (χ1) is 14.0. The molecule has 3 heterocycles. The highest BCUT2D eigenvalue weighted by Gasteiger charge is 2.25. The van der Waals surface area contributed by atoms with Crippen molar-refractivity contribution in [3.8, 4) is 0 Å². The third-order valence-corrected chi connectivity index (χ3v) is 4.83. The summed E-state index contributed by atoms with van der Waals surface area (Å²) in [6, 6.07) is 3.43. The zero-order valence-corrected chi connectivity index (χ0v) is 17.1. The summed E-state index contributed by atoms with van der Waals surface area (Å²) in [6.45, 7) is 7.69. The molecule has 8 nitrogen and oxygen atoms in total. The molecule has 1 unspecified atom stereocenters. The molecule has 156 valence electrons. The highest BCUT2D eigenvalue weighted by atomic mass is 19.1. The van der Waals surface area contributed by atoms with E-state index >= 15 is 0 Å². The molecule has 0 spiro atoms. The summed E-state index contributed by atoms with van der Waals surface area (Å²) in [4.78, 5) is 30.7. The van der Waals surface area contributed by atoms with Gasteiger partial charge in [-0.05, 0) is 26.0 Å². The highest BCUT2D eigenvalue weighted by Crippen LogP contribution is 2.19. The largest absolute Gasteiger partial charge is 0.465 e. The number of rotatable bonds is 7. The van der Waals surface area contributed by atoms with Crippen molar-refractivity contribution in [1.82, 2.24) is 19.9 Å². The van der Waals surface area contributed by atoms with Crippen LogP contribution in [0, 0.1) is 5.82 Å². The van der Waals surface area contributed by atoms with Gasteiger partial charge in [-0.3, -0.25) is 9.69 Å². The van der Waals surface area contributed by atoms with Gasteiger partial charge in [0.2, 0.25) is 5.95 Å². The van der Waals surface area contributed by atoms with E-state index in [4.69, 9.17) is 4.74 Å². The zero-order valence-electron chi connectivity index (χ0n) is 17.1. The predicted molar refractivity (Wildman–Crippen MR) is 108 cm³/mol. The van der Waals surface area contributed by atoms with Crippen molar-refractivity contribution in [1.29, 1.82) is 0 Å². The lowest BCUT2D eigenvalue weighted by atomic mass is 10.1. The average molecular weight is 402 g/mol. The van der Waals surface area contributed by atoms with Crippen LogP contribution in [-0.4, -0.2) is 71.7 Å². The molecule has 2 aromatic rings. The van der Waals surface area contributed by atoms with Gasteiger partial charge in [-0.2, -0.15) is 0 Å². The van der Waals surface area contributed by atoms with Gasteiger partial charge >= 0.3 is 5.97 Å². The Morgan fingerprint density at radius 2 is 2.00 bits per heavy atom. The van der Waals surface area contributed by atoms with Crippen LogP contribution in [0.5, 0.6) is 0 Å². The number of hydrogen-bond acceptors (Lipinski definition) is 8. The number of nitrogens with zero attached hydrogens (tertiary/aromatic N) is 6. The van der Waals surface area contributed by atoms with Crippen LogP contribution in [0.2, 0.25) is 0 Å². The van der Waals surface area contributed by atoms with Crippen molar-refractivity contribution in [2.45, 2.75) is 26.4 Å². The van der Waals surface area contributed by atoms with Gasteiger partial charge < -0.3 is 14.5 Å². The maximum Gasteiger partial charge on any atom is 0.325 e. The Morgan fingerprint density at radius 3 is 2.62 bits per heavy atom. The van der Waals surface area contributed by atoms with E-state index in [0.29, 0.717) is 12.6 Å². The monoisotopic (exact) mass is 402 g/mol. The Morgan fingerprint density at radius 1 is 1.24 bits per heavy atom. The second-order valence-electron chi connectivity index (χ2n) is 7.16. The lowest BCUT2D eigenvalue weighted by Crippen LogP contribution is -2.51. The number of halogens is 1. The molecule has 0 saturated carbocycles. The van der Waals surface area contributed by atoms with Gasteiger partial charge in [0.1, 0.15) is 18.2 Å². The lowest BCUT2D eigenvalue weighted by molar-refractivity contribution is -0.141. The topological polar surface area (TPSA) is 74.7 Å². The summed E-state index contributed by atoms with van der Waals surface area (Å²) in [7, 11) is 1.76. The van der Waals surface area contributed by atoms with Crippen molar-refractivity contribution in [3.05, 3.63) is 42.1 Å². The van der Waals surface area contributed by atoms with E-state index < -0.39 is 0 Å². The fraction of sp³-hybridized carbons (Fsp3) is 0.500. The summed E-state index contributed by atoms with van der Waals surface area (Å²) in [6.07, 6.45) is 4.84. The first-order valence-electron chi connectivity index (χ1n) is 9.74. The van der Waals surface area contributed by atoms with Gasteiger partial charge in [-0.25, -0.2) is 19.3 Å². The number of piperazine rings is 1. The van der Waals surface area contributed by atoms with E-state index in [1.165, 1.54) is 12.3 Å². The van der Waals surface area contributed by atoms with Crippen LogP contribution in [0.4, 0.5) is 16.2 Å². The van der Waals surface area contributed by atoms with Crippen LogP contribution < -0.4 is 9.80 Å². The van der Waals surface area contributed by atoms with Crippen LogP contribution in [0.1, 0.15) is 19.4 Å². The fourth-order valence-electron chi connectivity index (χ4n) is 3.41. The number of aromatic nitrogens is 3. The minimum atomic E-state index is -0.323. The molecule has 1 atom stereocenters. The molecule has 0 bridgehead atoms. The van der Waals surface area contributed by atoms with Crippen LogP contribution in [0.3, 0.4) is 0 Å². The minimum absolute atomic E-state index is 0.115. The Bertz CT molecular complexity index is 802. The van der Waals surface area contributed by atoms with Crippen molar-refractivity contribution in [2.24, 2.45) is 0 Å². The molecule has 9 heteroatoms. The van der Waals surface area contributed by atoms with Gasteiger partial charge in [-0.15, -0.1) is 0 Å². The van der Waals surface area contributed by atoms with Crippen molar-refractivity contribution < 1.29 is 13.9 Å². The Hall–Kier alpha value is -2.81. The second kappa shape index (κ2) is 9.60. The number of likely N-dealkylation sites (N-methyl/N-ethyl adjacent to an activating group) is 1. The van der Waals surface area contributed by atoms with Crippen molar-refractivity contribution in [2.75, 3.05) is 49.6 Å². The zero-order chi connectivity index (χ0) is 20.8. The summed E-state index contributed by atoms with van der Waals surface area (Å²) >= 11 is 0. The molecule has 29 heavy (non-hydrogen) atoms. The van der Waals surface area contributed by atoms with Crippen molar-refractivity contribution in [3.63, 3.8) is 0 Å². The number of carbonyl (C=O) groups is 1. The summed E-state index contributed by atoms with van der Waals surface area (Å²) in [5, 5.41) is 0. The average Bonchev–Trinajstić information content (AvgIpc) is 2.70. The van der Waals surface area contributed by atoms with Gasteiger partial charge in [0.15, 0.2) is 0 Å². The van der Waals surface area contributed by atoms with E-state index in [1.807, 2.05) is 0 Å². The van der Waals surface area contributed by atoms with Gasteiger partial charge in [-0.1, -0.05) is 0 Å². The molecule has 0 aliphatic carbocycles. The van der Waals surface area contributed by atoms with Gasteiger partial charge in [0, 0.05) is 57.2 Å². The third-order valence-electron chi connectivity index (χ3n) is 4.83. The standard InChI is InChI=1S/C20H27FN6O2/c1-4-29-19(28)14-25(3)20-23-9-16(10-24-20)13-26-7-8-27(15(2)12-26)18-6-5-17(21)11-22-18/h5-6,9-11,15H,4,7-8,12-14H2,1-3H3. The molecular weight excluding hydrogens is 375 g/mol. The number of esters is 1. The maximum absolute atomic E-state index is 13.1. The predicted octanol–water partition coefficient (Wildman–Crippen LogP) is 1.72. The fourth-order valence-corrected chi connectivity index (χ4v) is 3.41. The molecule has 0 aromatic carbocycles. The quantitative estimate of drug-likeness (QED) is 0.648. The minimum Gasteiger partial charge on any atom is -0.465 e. The molecule has 2 aromatic heterocycles. The molecule has 0 amide bonds. The smallest absolute Gasteiger partial charge is 0.325 e. The molecule has 0 radical (unpaired) electrons. The first kappa shape index (κ1) is 20.9.